The number of pyridine rings is 1. The maximum absolute atomic E-state index is 6.31. The van der Waals surface area contributed by atoms with Crippen LogP contribution in [0.15, 0.2) is 72.8 Å². The number of aromatic amines is 1. The molecule has 0 aliphatic carbocycles. The van der Waals surface area contributed by atoms with Crippen molar-refractivity contribution >= 4 is 10.9 Å². The van der Waals surface area contributed by atoms with Crippen molar-refractivity contribution in [2.24, 2.45) is 0 Å². The van der Waals surface area contributed by atoms with Crippen LogP contribution in [0.25, 0.3) is 33.4 Å². The molecule has 176 valence electrons. The van der Waals surface area contributed by atoms with Crippen molar-refractivity contribution in [3.05, 3.63) is 84.1 Å². The van der Waals surface area contributed by atoms with Crippen molar-refractivity contribution < 1.29 is 9.47 Å². The zero-order valence-corrected chi connectivity index (χ0v) is 20.0. The van der Waals surface area contributed by atoms with Gasteiger partial charge in [-0.25, -0.2) is 4.98 Å². The second-order valence-electron chi connectivity index (χ2n) is 8.55. The fraction of sp³-hybridized carbons (Fsp3) is 0.214. The largest absolute Gasteiger partial charge is 0.489 e. The van der Waals surface area contributed by atoms with E-state index in [0.717, 1.165) is 56.8 Å². The third kappa shape index (κ3) is 4.84. The summed E-state index contributed by atoms with van der Waals surface area (Å²) in [6.45, 7) is 6.58. The molecule has 5 aromatic rings. The number of hydrogen-bond acceptors (Lipinski definition) is 6. The Balaban J connectivity index is 1.40. The smallest absolute Gasteiger partial charge is 0.205 e. The molecule has 2 aromatic heterocycles. The van der Waals surface area contributed by atoms with Crippen molar-refractivity contribution in [3.63, 3.8) is 0 Å². The molecule has 7 nitrogen and oxygen atoms in total. The molecule has 0 atom stereocenters. The van der Waals surface area contributed by atoms with Crippen LogP contribution in [-0.4, -0.2) is 31.7 Å². The van der Waals surface area contributed by atoms with Gasteiger partial charge in [0.15, 0.2) is 0 Å². The van der Waals surface area contributed by atoms with Crippen LogP contribution in [-0.2, 0) is 13.0 Å². The quantitative estimate of drug-likeness (QED) is 0.302. The number of tetrazole rings is 1. The predicted molar refractivity (Wildman–Crippen MR) is 136 cm³/mol. The van der Waals surface area contributed by atoms with E-state index in [1.807, 2.05) is 56.3 Å². The lowest BCUT2D eigenvalue weighted by molar-refractivity contribution is 0.245. The predicted octanol–water partition coefficient (Wildman–Crippen LogP) is 6.01. The molecule has 0 bridgehead atoms. The second kappa shape index (κ2) is 9.93. The molecule has 0 spiro atoms. The maximum atomic E-state index is 6.31. The van der Waals surface area contributed by atoms with Crippen molar-refractivity contribution in [2.75, 3.05) is 0 Å². The molecular weight excluding hydrogens is 438 g/mol. The number of para-hydroxylation sites is 1. The summed E-state index contributed by atoms with van der Waals surface area (Å²) in [5, 5.41) is 15.4. The number of fused-ring (bicyclic) bond motifs is 1. The molecule has 5 rings (SSSR count). The molecule has 0 aliphatic rings. The van der Waals surface area contributed by atoms with Gasteiger partial charge in [0.05, 0.1) is 6.10 Å². The van der Waals surface area contributed by atoms with E-state index in [1.165, 1.54) is 0 Å². The molecule has 3 aromatic carbocycles. The number of nitrogens with one attached hydrogen (secondary N) is 1. The Morgan fingerprint density at radius 1 is 0.886 bits per heavy atom. The molecule has 0 aliphatic heterocycles. The van der Waals surface area contributed by atoms with Gasteiger partial charge in [0.25, 0.3) is 0 Å². The van der Waals surface area contributed by atoms with Crippen LogP contribution >= 0.6 is 0 Å². The fourth-order valence-corrected chi connectivity index (χ4v) is 4.04. The number of aromatic nitrogens is 5. The molecule has 7 heteroatoms. The van der Waals surface area contributed by atoms with E-state index in [1.54, 1.807) is 0 Å². The zero-order valence-electron chi connectivity index (χ0n) is 20.0. The summed E-state index contributed by atoms with van der Waals surface area (Å²) in [6, 6.07) is 24.4. The number of aryl methyl sites for hydroxylation is 1. The van der Waals surface area contributed by atoms with E-state index in [9.17, 15) is 0 Å². The Kier molecular flexibility index (Phi) is 6.39. The number of ether oxygens (including phenoxy) is 2. The van der Waals surface area contributed by atoms with Gasteiger partial charge in [0.2, 0.25) is 5.82 Å². The minimum absolute atomic E-state index is 0.0702. The second-order valence-corrected chi connectivity index (χ2v) is 8.55. The number of benzene rings is 3. The van der Waals surface area contributed by atoms with E-state index in [2.05, 4.69) is 57.9 Å². The summed E-state index contributed by atoms with van der Waals surface area (Å²) >= 11 is 0. The van der Waals surface area contributed by atoms with Gasteiger partial charge < -0.3 is 9.47 Å². The first-order chi connectivity index (χ1) is 17.1. The van der Waals surface area contributed by atoms with Gasteiger partial charge >= 0.3 is 0 Å². The van der Waals surface area contributed by atoms with Gasteiger partial charge in [0.1, 0.15) is 23.6 Å². The van der Waals surface area contributed by atoms with Crippen LogP contribution in [0.5, 0.6) is 11.5 Å². The van der Waals surface area contributed by atoms with Gasteiger partial charge in [-0.1, -0.05) is 61.5 Å². The number of rotatable bonds is 8. The van der Waals surface area contributed by atoms with Crippen molar-refractivity contribution in [1.29, 1.82) is 0 Å². The monoisotopic (exact) mass is 465 g/mol. The fourth-order valence-electron chi connectivity index (χ4n) is 4.04. The number of H-pyrrole nitrogens is 1. The summed E-state index contributed by atoms with van der Waals surface area (Å²) in [7, 11) is 0. The maximum Gasteiger partial charge on any atom is 0.205 e. The summed E-state index contributed by atoms with van der Waals surface area (Å²) in [5.41, 5.74) is 5.94. The molecule has 0 saturated carbocycles. The standard InChI is InChI=1S/C28H27N5O2/c1-4-21-16-26(24-10-7-11-25(27(24)29-21)35-18(2)3)34-17-19-12-14-20(15-13-19)22-8-5-6-9-23(22)28-30-32-33-31-28/h5-16,18H,4,17H2,1-3H3,(H,30,31,32,33). The zero-order chi connectivity index (χ0) is 24.2. The molecule has 35 heavy (non-hydrogen) atoms. The topological polar surface area (TPSA) is 85.8 Å². The van der Waals surface area contributed by atoms with Crippen molar-refractivity contribution in [1.82, 2.24) is 25.6 Å². The lowest BCUT2D eigenvalue weighted by Gasteiger charge is -2.15. The molecule has 0 radical (unpaired) electrons. The van der Waals surface area contributed by atoms with E-state index in [-0.39, 0.29) is 6.10 Å². The summed E-state index contributed by atoms with van der Waals surface area (Å²) < 4.78 is 12.3. The summed E-state index contributed by atoms with van der Waals surface area (Å²) in [5.74, 6) is 2.17. The highest BCUT2D eigenvalue weighted by Gasteiger charge is 2.13. The Morgan fingerprint density at radius 3 is 2.40 bits per heavy atom. The average Bonchev–Trinajstić information content (AvgIpc) is 3.42. The van der Waals surface area contributed by atoms with Crippen LogP contribution in [0.3, 0.4) is 0 Å². The molecule has 0 amide bonds. The molecule has 1 N–H and O–H groups in total. The van der Waals surface area contributed by atoms with E-state index >= 15 is 0 Å². The van der Waals surface area contributed by atoms with Gasteiger partial charge in [-0.05, 0) is 54.3 Å². The van der Waals surface area contributed by atoms with Gasteiger partial charge in [-0.15, -0.1) is 10.2 Å². The van der Waals surface area contributed by atoms with E-state index in [0.29, 0.717) is 12.4 Å². The van der Waals surface area contributed by atoms with Crippen LogP contribution < -0.4 is 9.47 Å². The highest BCUT2D eigenvalue weighted by molar-refractivity contribution is 5.90. The van der Waals surface area contributed by atoms with Gasteiger partial charge in [-0.2, -0.15) is 5.21 Å². The van der Waals surface area contributed by atoms with Crippen LogP contribution in [0.4, 0.5) is 0 Å². The summed E-state index contributed by atoms with van der Waals surface area (Å²) in [6.07, 6.45) is 0.886. The normalized spacial score (nSPS) is 11.2. The highest BCUT2D eigenvalue weighted by atomic mass is 16.5. The molecule has 0 saturated heterocycles. The molecule has 0 unspecified atom stereocenters. The molecule has 2 heterocycles. The van der Waals surface area contributed by atoms with Crippen molar-refractivity contribution in [2.45, 2.75) is 39.9 Å². The van der Waals surface area contributed by atoms with Crippen LogP contribution in [0.2, 0.25) is 0 Å². The Morgan fingerprint density at radius 2 is 1.69 bits per heavy atom. The highest BCUT2D eigenvalue weighted by Crippen LogP contribution is 2.33. The van der Waals surface area contributed by atoms with Gasteiger partial charge in [-0.3, -0.25) is 0 Å². The summed E-state index contributed by atoms with van der Waals surface area (Å²) in [4.78, 5) is 4.81. The van der Waals surface area contributed by atoms with Crippen molar-refractivity contribution in [3.8, 4) is 34.0 Å². The average molecular weight is 466 g/mol. The minimum atomic E-state index is 0.0702. The van der Waals surface area contributed by atoms with Crippen LogP contribution in [0, 0.1) is 0 Å². The lowest BCUT2D eigenvalue weighted by atomic mass is 9.98. The third-order valence-electron chi connectivity index (χ3n) is 5.72. The van der Waals surface area contributed by atoms with Crippen LogP contribution in [0.1, 0.15) is 32.0 Å². The first kappa shape index (κ1) is 22.5. The minimum Gasteiger partial charge on any atom is -0.489 e. The Labute approximate surface area is 204 Å². The first-order valence-electron chi connectivity index (χ1n) is 11.8. The van der Waals surface area contributed by atoms with E-state index < -0.39 is 0 Å². The first-order valence-corrected chi connectivity index (χ1v) is 11.8. The Hall–Kier alpha value is -4.26. The number of nitrogens with zero attached hydrogens (tertiary/aromatic N) is 4. The lowest BCUT2D eigenvalue weighted by Crippen LogP contribution is -2.07. The molecule has 0 fully saturated rings. The SMILES string of the molecule is CCc1cc(OCc2ccc(-c3ccccc3-c3nn[nH]n3)cc2)c2cccc(OC(C)C)c2n1. The number of hydrogen-bond donors (Lipinski definition) is 1. The third-order valence-corrected chi connectivity index (χ3v) is 5.72. The Bertz CT molecular complexity index is 1430. The molecular formula is C28H27N5O2. The van der Waals surface area contributed by atoms with Gasteiger partial charge in [0, 0.05) is 22.7 Å². The van der Waals surface area contributed by atoms with E-state index in [4.69, 9.17) is 14.5 Å².